The Hall–Kier alpha value is -1.79. The van der Waals surface area contributed by atoms with Crippen molar-refractivity contribution in [2.24, 2.45) is 11.8 Å². The van der Waals surface area contributed by atoms with Gasteiger partial charge in [0.25, 0.3) is 0 Å². The van der Waals surface area contributed by atoms with Crippen LogP contribution >= 0.6 is 0 Å². The minimum absolute atomic E-state index is 0.0287. The molecule has 0 aliphatic carbocycles. The highest BCUT2D eigenvalue weighted by molar-refractivity contribution is 5.83. The fourth-order valence-corrected chi connectivity index (χ4v) is 6.23. The molecule has 0 aromatic heterocycles. The molecule has 3 amide bonds. The molecule has 37 heavy (non-hydrogen) atoms. The average Bonchev–Trinajstić information content (AvgIpc) is 3.31. The third-order valence-corrected chi connectivity index (χ3v) is 8.20. The van der Waals surface area contributed by atoms with Gasteiger partial charge in [0.05, 0.1) is 25.9 Å². The van der Waals surface area contributed by atoms with E-state index >= 15 is 0 Å². The van der Waals surface area contributed by atoms with Crippen molar-refractivity contribution in [2.75, 3.05) is 79.4 Å². The number of nitrogens with one attached hydrogen (secondary N) is 3. The number of amides is 3. The first-order valence-corrected chi connectivity index (χ1v) is 14.0. The second kappa shape index (κ2) is 14.4. The second-order valence-corrected chi connectivity index (χ2v) is 10.9. The first kappa shape index (κ1) is 28.2. The van der Waals surface area contributed by atoms with E-state index in [1.807, 2.05) is 0 Å². The molecule has 11 nitrogen and oxygen atoms in total. The van der Waals surface area contributed by atoms with Gasteiger partial charge in [-0.3, -0.25) is 19.3 Å². The number of carbonyl (C=O) groups is 3. The number of carbonyl (C=O) groups excluding carboxylic acids is 3. The summed E-state index contributed by atoms with van der Waals surface area (Å²) in [6.07, 6.45) is 4.71. The lowest BCUT2D eigenvalue weighted by Crippen LogP contribution is -2.50. The Morgan fingerprint density at radius 3 is 2.41 bits per heavy atom. The number of fused-ring (bicyclic) bond motifs is 3. The predicted molar refractivity (Wildman–Crippen MR) is 137 cm³/mol. The van der Waals surface area contributed by atoms with Crippen LogP contribution in [0.1, 0.15) is 38.5 Å². The predicted octanol–water partition coefficient (Wildman–Crippen LogP) is -0.648. The Morgan fingerprint density at radius 2 is 1.57 bits per heavy atom. The van der Waals surface area contributed by atoms with E-state index in [1.54, 1.807) is 0 Å². The number of piperidine rings is 1. The van der Waals surface area contributed by atoms with Crippen molar-refractivity contribution < 1.29 is 28.6 Å². The number of ether oxygens (including phenoxy) is 3. The molecule has 0 aromatic rings. The van der Waals surface area contributed by atoms with Crippen molar-refractivity contribution in [1.82, 2.24) is 25.8 Å². The maximum atomic E-state index is 13.4. The van der Waals surface area contributed by atoms with Gasteiger partial charge in [-0.1, -0.05) is 0 Å². The van der Waals surface area contributed by atoms with Crippen molar-refractivity contribution in [3.63, 3.8) is 0 Å². The van der Waals surface area contributed by atoms with Crippen LogP contribution in [0.25, 0.3) is 0 Å². The molecule has 0 aromatic carbocycles. The van der Waals surface area contributed by atoms with Crippen LogP contribution in [0.2, 0.25) is 0 Å². The Kier molecular flexibility index (Phi) is 11.0. The van der Waals surface area contributed by atoms with Gasteiger partial charge in [-0.05, 0) is 57.5 Å². The summed E-state index contributed by atoms with van der Waals surface area (Å²) < 4.78 is 16.5. The van der Waals surface area contributed by atoms with Crippen LogP contribution in [0.3, 0.4) is 0 Å². The van der Waals surface area contributed by atoms with Crippen molar-refractivity contribution >= 4 is 17.7 Å². The van der Waals surface area contributed by atoms with Crippen molar-refractivity contribution in [3.8, 4) is 0 Å². The molecule has 4 atom stereocenters. The van der Waals surface area contributed by atoms with Crippen LogP contribution < -0.4 is 16.0 Å². The van der Waals surface area contributed by atoms with E-state index in [-0.39, 0.29) is 42.5 Å². The van der Waals surface area contributed by atoms with E-state index < -0.39 is 0 Å². The molecule has 0 spiro atoms. The molecular formula is C26H45N5O6. The molecule has 3 N–H and O–H groups in total. The van der Waals surface area contributed by atoms with Gasteiger partial charge in [0.1, 0.15) is 6.61 Å². The summed E-state index contributed by atoms with van der Waals surface area (Å²) >= 11 is 0. The van der Waals surface area contributed by atoms with Gasteiger partial charge in [0, 0.05) is 57.9 Å². The summed E-state index contributed by atoms with van der Waals surface area (Å²) in [6.45, 7) is 6.07. The zero-order chi connectivity index (χ0) is 26.0. The van der Waals surface area contributed by atoms with Crippen molar-refractivity contribution in [2.45, 2.75) is 56.7 Å². The lowest BCUT2D eigenvalue weighted by molar-refractivity contribution is -0.128. The van der Waals surface area contributed by atoms with Crippen LogP contribution in [-0.4, -0.2) is 125 Å². The minimum atomic E-state index is -0.271. The monoisotopic (exact) mass is 523 g/mol. The highest BCUT2D eigenvalue weighted by Crippen LogP contribution is 2.29. The summed E-state index contributed by atoms with van der Waals surface area (Å²) in [7, 11) is 2.12. The summed E-state index contributed by atoms with van der Waals surface area (Å²) in [5, 5.41) is 9.22. The molecule has 4 aliphatic rings. The Morgan fingerprint density at radius 1 is 0.784 bits per heavy atom. The number of likely N-dealkylation sites (tertiary alicyclic amines) is 2. The highest BCUT2D eigenvalue weighted by atomic mass is 16.5. The number of hydrogen-bond donors (Lipinski definition) is 3. The van der Waals surface area contributed by atoms with E-state index in [0.717, 1.165) is 38.8 Å². The van der Waals surface area contributed by atoms with E-state index in [1.165, 1.54) is 0 Å². The lowest BCUT2D eigenvalue weighted by Gasteiger charge is -2.37. The van der Waals surface area contributed by atoms with E-state index in [4.69, 9.17) is 14.2 Å². The molecule has 2 bridgehead atoms. The molecule has 0 unspecified atom stereocenters. The maximum Gasteiger partial charge on any atom is 0.246 e. The minimum Gasteiger partial charge on any atom is -0.381 e. The van der Waals surface area contributed by atoms with Crippen LogP contribution in [-0.2, 0) is 28.6 Å². The van der Waals surface area contributed by atoms with E-state index in [9.17, 15) is 14.4 Å². The summed E-state index contributed by atoms with van der Waals surface area (Å²) in [5.74, 6) is 0.565. The van der Waals surface area contributed by atoms with Gasteiger partial charge in [0.2, 0.25) is 17.7 Å². The smallest absolute Gasteiger partial charge is 0.246 e. The Balaban J connectivity index is 1.40. The summed E-state index contributed by atoms with van der Waals surface area (Å²) in [4.78, 5) is 43.0. The van der Waals surface area contributed by atoms with Crippen LogP contribution in [0.5, 0.6) is 0 Å². The van der Waals surface area contributed by atoms with Gasteiger partial charge in [0.15, 0.2) is 0 Å². The second-order valence-electron chi connectivity index (χ2n) is 10.9. The molecule has 4 saturated heterocycles. The standard InChI is InChI=1S/C26H45N5O6/c1-30-8-3-19-14-24(32)27-7-11-36-12-13-37-18-25(33)29-21-15-23(26(34)28-6-2-20(19)16-30)31(17-21)22-4-9-35-10-5-22/h19-23H,2-18H2,1H3,(H,27,32)(H,28,34)(H,29,33)/t19-,20-,21+,23+/m0/s1. The zero-order valence-electron chi connectivity index (χ0n) is 22.3. The first-order valence-electron chi connectivity index (χ1n) is 14.0. The summed E-state index contributed by atoms with van der Waals surface area (Å²) in [6, 6.07) is -0.0822. The highest BCUT2D eigenvalue weighted by Gasteiger charge is 2.41. The molecule has 210 valence electrons. The molecule has 0 saturated carbocycles. The number of rotatable bonds is 1. The normalized spacial score (nSPS) is 33.5. The maximum absolute atomic E-state index is 13.4. The SMILES string of the molecule is CN1CC[C@H]2CC(=O)NCCOCCOCC(=O)N[C@@H]3C[C@H](C(=O)NCC[C@H]2C1)N(C1CCOCC1)C3. The van der Waals surface area contributed by atoms with Crippen molar-refractivity contribution in [3.05, 3.63) is 0 Å². The summed E-state index contributed by atoms with van der Waals surface area (Å²) in [5.41, 5.74) is 0. The number of nitrogens with zero attached hydrogens (tertiary/aromatic N) is 2. The number of hydrogen-bond acceptors (Lipinski definition) is 8. The van der Waals surface area contributed by atoms with Gasteiger partial charge < -0.3 is 35.1 Å². The third kappa shape index (κ3) is 8.61. The third-order valence-electron chi connectivity index (χ3n) is 8.20. The molecule has 4 rings (SSSR count). The Bertz CT molecular complexity index is 764. The van der Waals surface area contributed by atoms with Crippen LogP contribution in [0, 0.1) is 11.8 Å². The van der Waals surface area contributed by atoms with Gasteiger partial charge in [-0.25, -0.2) is 0 Å². The van der Waals surface area contributed by atoms with Gasteiger partial charge >= 0.3 is 0 Å². The fourth-order valence-electron chi connectivity index (χ4n) is 6.23. The molecule has 4 aliphatic heterocycles. The topological polar surface area (TPSA) is 121 Å². The van der Waals surface area contributed by atoms with E-state index in [0.29, 0.717) is 77.3 Å². The van der Waals surface area contributed by atoms with Gasteiger partial charge in [-0.15, -0.1) is 0 Å². The molecule has 4 fully saturated rings. The van der Waals surface area contributed by atoms with Gasteiger partial charge in [-0.2, -0.15) is 0 Å². The average molecular weight is 524 g/mol. The Labute approximate surface area is 220 Å². The quantitative estimate of drug-likeness (QED) is 0.415. The first-order chi connectivity index (χ1) is 18.0. The molecular weight excluding hydrogens is 478 g/mol. The largest absolute Gasteiger partial charge is 0.381 e. The van der Waals surface area contributed by atoms with Crippen molar-refractivity contribution in [1.29, 1.82) is 0 Å². The zero-order valence-corrected chi connectivity index (χ0v) is 22.3. The fraction of sp³-hybridized carbons (Fsp3) is 0.885. The molecule has 4 heterocycles. The van der Waals surface area contributed by atoms with Crippen LogP contribution in [0.4, 0.5) is 0 Å². The van der Waals surface area contributed by atoms with Crippen LogP contribution in [0.15, 0.2) is 0 Å². The molecule has 0 radical (unpaired) electrons. The van der Waals surface area contributed by atoms with E-state index in [2.05, 4.69) is 32.8 Å². The lowest BCUT2D eigenvalue weighted by atomic mass is 9.81. The molecule has 11 heteroatoms.